The van der Waals surface area contributed by atoms with Crippen molar-refractivity contribution in [2.75, 3.05) is 0 Å². The molecule has 0 radical (unpaired) electrons. The average molecular weight is 680 g/mol. The molecule has 5 nitrogen and oxygen atoms in total. The Labute approximate surface area is 310 Å². The Morgan fingerprint density at radius 1 is 0.451 bits per heavy atom. The fraction of sp³-hybridized carbons (Fsp3) is 0. The smallest absolute Gasteiger partial charge is 0.238 e. The van der Waals surface area contributed by atoms with E-state index in [0.717, 1.165) is 48.4 Å². The molecule has 0 saturated carbocycles. The monoisotopic (exact) mass is 679 g/mol. The summed E-state index contributed by atoms with van der Waals surface area (Å²) in [7, 11) is 0. The Balaban J connectivity index is 1.31. The topological polar surface area (TPSA) is 48.5 Å². The van der Waals surface area contributed by atoms with Crippen LogP contribution in [0.3, 0.4) is 0 Å². The fourth-order valence-electron chi connectivity index (χ4n) is 7.24. The van der Waals surface area contributed by atoms with E-state index in [1.807, 2.05) is 59.2 Å². The maximum absolute atomic E-state index is 8.88. The SMILES string of the molecule is [2H]c1c([2H])c([2H])c(-c2nc(-c3c([2H])c([2H])c([2H])c([2H])c3[2H])nc(-n3c4ccccc4c4ccc5c6ccccc6n(-c6ccc7c(c6)sc6ccccc67)c5c43)n2)c([2H])c1[2H]. The fourth-order valence-corrected chi connectivity index (χ4v) is 8.38. The first-order valence-corrected chi connectivity index (χ1v) is 17.0. The molecule has 238 valence electrons. The maximum atomic E-state index is 8.88. The first-order valence-electron chi connectivity index (χ1n) is 21.2. The molecule has 0 aliphatic rings. The highest BCUT2D eigenvalue weighted by molar-refractivity contribution is 7.25. The molecule has 7 aromatic carbocycles. The number of rotatable bonds is 4. The van der Waals surface area contributed by atoms with Gasteiger partial charge in [-0.2, -0.15) is 9.97 Å². The average Bonchev–Trinajstić information content (AvgIpc) is 3.94. The summed E-state index contributed by atoms with van der Waals surface area (Å²) < 4.78 is 92.3. The van der Waals surface area contributed by atoms with Crippen molar-refractivity contribution < 1.29 is 13.7 Å². The van der Waals surface area contributed by atoms with Crippen molar-refractivity contribution in [3.05, 3.63) is 164 Å². The molecule has 0 saturated heterocycles. The molecular weight excluding hydrogens is 643 g/mol. The van der Waals surface area contributed by atoms with Crippen LogP contribution in [0.5, 0.6) is 0 Å². The number of hydrogen-bond donors (Lipinski definition) is 0. The Morgan fingerprint density at radius 3 is 1.61 bits per heavy atom. The Hall–Kier alpha value is -6.63. The number of fused-ring (bicyclic) bond motifs is 10. The first-order chi connectivity index (χ1) is 29.4. The highest BCUT2D eigenvalue weighted by atomic mass is 32.1. The van der Waals surface area contributed by atoms with Crippen molar-refractivity contribution in [1.82, 2.24) is 24.1 Å². The van der Waals surface area contributed by atoms with Gasteiger partial charge in [-0.25, -0.2) is 4.98 Å². The van der Waals surface area contributed by atoms with Crippen LogP contribution >= 0.6 is 11.3 Å². The number of nitrogens with zero attached hydrogens (tertiary/aromatic N) is 5. The number of hydrogen-bond acceptors (Lipinski definition) is 4. The van der Waals surface area contributed by atoms with Crippen LogP contribution < -0.4 is 0 Å². The van der Waals surface area contributed by atoms with Gasteiger partial charge in [-0.15, -0.1) is 11.3 Å². The predicted octanol–water partition coefficient (Wildman–Crippen LogP) is 11.8. The van der Waals surface area contributed by atoms with Crippen LogP contribution in [0.1, 0.15) is 13.7 Å². The molecule has 0 N–H and O–H groups in total. The molecule has 4 aromatic heterocycles. The van der Waals surface area contributed by atoms with Crippen LogP contribution in [-0.2, 0) is 0 Å². The summed E-state index contributed by atoms with van der Waals surface area (Å²) in [5, 5.41) is 5.92. The van der Waals surface area contributed by atoms with E-state index in [2.05, 4.69) is 58.1 Å². The second-order valence-electron chi connectivity index (χ2n) is 12.1. The minimum absolute atomic E-state index is 0.0610. The summed E-state index contributed by atoms with van der Waals surface area (Å²) in [4.78, 5) is 14.3. The zero-order valence-electron chi connectivity index (χ0n) is 36.5. The second-order valence-corrected chi connectivity index (χ2v) is 13.2. The van der Waals surface area contributed by atoms with Crippen molar-refractivity contribution in [2.24, 2.45) is 0 Å². The van der Waals surface area contributed by atoms with E-state index in [4.69, 9.17) is 23.7 Å². The van der Waals surface area contributed by atoms with Crippen LogP contribution in [0.15, 0.2) is 164 Å². The van der Waals surface area contributed by atoms with Gasteiger partial charge in [-0.1, -0.05) is 133 Å². The number of para-hydroxylation sites is 2. The molecule has 0 spiro atoms. The molecule has 51 heavy (non-hydrogen) atoms. The van der Waals surface area contributed by atoms with Crippen LogP contribution in [0, 0.1) is 0 Å². The third-order valence-electron chi connectivity index (χ3n) is 9.36. The lowest BCUT2D eigenvalue weighted by Crippen LogP contribution is -2.07. The summed E-state index contributed by atoms with van der Waals surface area (Å²) >= 11 is 1.72. The van der Waals surface area contributed by atoms with Crippen molar-refractivity contribution in [1.29, 1.82) is 0 Å². The van der Waals surface area contributed by atoms with Crippen LogP contribution in [0.2, 0.25) is 0 Å². The number of aromatic nitrogens is 5. The third kappa shape index (κ3) is 4.24. The summed E-state index contributed by atoms with van der Waals surface area (Å²) in [6.45, 7) is 0. The van der Waals surface area contributed by atoms with Crippen molar-refractivity contribution in [2.45, 2.75) is 0 Å². The molecule has 0 bridgehead atoms. The first kappa shape index (κ1) is 20.1. The molecule has 0 aliphatic carbocycles. The van der Waals surface area contributed by atoms with E-state index in [1.54, 1.807) is 11.3 Å². The van der Waals surface area contributed by atoms with E-state index in [9.17, 15) is 0 Å². The highest BCUT2D eigenvalue weighted by Crippen LogP contribution is 2.43. The lowest BCUT2D eigenvalue weighted by Gasteiger charge is -2.13. The van der Waals surface area contributed by atoms with Crippen molar-refractivity contribution in [3.63, 3.8) is 0 Å². The van der Waals surface area contributed by atoms with Crippen LogP contribution in [-0.4, -0.2) is 24.1 Å². The van der Waals surface area contributed by atoms with E-state index in [0.29, 0.717) is 11.0 Å². The van der Waals surface area contributed by atoms with Gasteiger partial charge in [-0.05, 0) is 30.3 Å². The number of thiophene rings is 1. The summed E-state index contributed by atoms with van der Waals surface area (Å²) in [5.41, 5.74) is 3.33. The molecule has 11 aromatic rings. The molecular formula is C45H27N5S. The molecule has 0 amide bonds. The minimum atomic E-state index is -0.610. The predicted molar refractivity (Wildman–Crippen MR) is 212 cm³/mol. The Bertz CT molecular complexity index is 3600. The van der Waals surface area contributed by atoms with Gasteiger partial charge in [0.1, 0.15) is 0 Å². The molecule has 0 fully saturated rings. The standard InChI is InChI=1S/C45H27N5S/c1-3-13-28(14-4-1)43-46-44(29-15-5-2-6-16-29)48-45(47-43)50-38-21-11-8-18-32(38)36-26-25-35-31-17-7-10-20-37(31)49(41(35)42(36)50)30-23-24-34-33-19-9-12-22-39(33)51-40(34)27-30/h1-27H/i1D,2D,3D,4D,5D,6D,13D,14D,15D,16D. The summed E-state index contributed by atoms with van der Waals surface area (Å²) in [6.07, 6.45) is 0. The van der Waals surface area contributed by atoms with E-state index < -0.39 is 60.4 Å². The Morgan fingerprint density at radius 2 is 0.961 bits per heavy atom. The van der Waals surface area contributed by atoms with Gasteiger partial charge < -0.3 is 4.57 Å². The van der Waals surface area contributed by atoms with E-state index >= 15 is 0 Å². The van der Waals surface area contributed by atoms with Crippen LogP contribution in [0.4, 0.5) is 0 Å². The summed E-state index contributed by atoms with van der Waals surface area (Å²) in [6, 6.07) is 28.7. The van der Waals surface area contributed by atoms with E-state index in [-0.39, 0.29) is 28.7 Å². The Kier molecular flexibility index (Phi) is 4.32. The quantitative estimate of drug-likeness (QED) is 0.186. The maximum Gasteiger partial charge on any atom is 0.238 e. The lowest BCUT2D eigenvalue weighted by molar-refractivity contribution is 0.953. The molecule has 0 atom stereocenters. The van der Waals surface area contributed by atoms with Gasteiger partial charge in [0, 0.05) is 58.5 Å². The lowest BCUT2D eigenvalue weighted by atomic mass is 10.1. The summed E-state index contributed by atoms with van der Waals surface area (Å²) in [5.74, 6) is -0.732. The normalized spacial score (nSPS) is 14.7. The molecule has 0 aliphatic heterocycles. The molecule has 6 heteroatoms. The highest BCUT2D eigenvalue weighted by Gasteiger charge is 2.23. The zero-order chi connectivity index (χ0) is 42.2. The third-order valence-corrected chi connectivity index (χ3v) is 10.5. The van der Waals surface area contributed by atoms with Crippen molar-refractivity contribution >= 4 is 75.1 Å². The van der Waals surface area contributed by atoms with E-state index in [1.165, 1.54) is 10.1 Å². The number of benzene rings is 7. The zero-order valence-corrected chi connectivity index (χ0v) is 27.3. The second kappa shape index (κ2) is 10.9. The molecule has 11 rings (SSSR count). The van der Waals surface area contributed by atoms with Gasteiger partial charge in [0.15, 0.2) is 11.6 Å². The van der Waals surface area contributed by atoms with Gasteiger partial charge in [0.25, 0.3) is 0 Å². The van der Waals surface area contributed by atoms with Gasteiger partial charge in [-0.3, -0.25) is 4.57 Å². The largest absolute Gasteiger partial charge is 0.307 e. The van der Waals surface area contributed by atoms with Crippen molar-refractivity contribution in [3.8, 4) is 34.4 Å². The van der Waals surface area contributed by atoms with Crippen LogP contribution in [0.25, 0.3) is 98.2 Å². The molecule has 4 heterocycles. The van der Waals surface area contributed by atoms with Gasteiger partial charge in [0.05, 0.1) is 35.8 Å². The molecule has 0 unspecified atom stereocenters. The van der Waals surface area contributed by atoms with Gasteiger partial charge >= 0.3 is 0 Å². The van der Waals surface area contributed by atoms with Gasteiger partial charge in [0.2, 0.25) is 5.95 Å². The minimum Gasteiger partial charge on any atom is -0.307 e.